The van der Waals surface area contributed by atoms with Gasteiger partial charge in [-0.3, -0.25) is 9.69 Å². The van der Waals surface area contributed by atoms with Crippen LogP contribution in [0.25, 0.3) is 0 Å². The summed E-state index contributed by atoms with van der Waals surface area (Å²) in [4.78, 5) is 17.6. The van der Waals surface area contributed by atoms with Crippen LogP contribution in [-0.4, -0.2) is 38.6 Å². The highest BCUT2D eigenvalue weighted by Crippen LogP contribution is 2.28. The van der Waals surface area contributed by atoms with Gasteiger partial charge in [0.25, 0.3) is 11.7 Å². The van der Waals surface area contributed by atoms with E-state index >= 15 is 0 Å². The molecule has 0 bridgehead atoms. The summed E-state index contributed by atoms with van der Waals surface area (Å²) in [5, 5.41) is 2.42. The number of carbonyl (C=O) groups excluding carboxylic acids is 1. The molecule has 2 aromatic rings. The lowest BCUT2D eigenvalue weighted by Gasteiger charge is -2.28. The summed E-state index contributed by atoms with van der Waals surface area (Å²) in [6.45, 7) is 2.40. The molecule has 10 heteroatoms. The monoisotopic (exact) mass is 402 g/mol. The van der Waals surface area contributed by atoms with Gasteiger partial charge in [0.1, 0.15) is 44.0 Å². The van der Waals surface area contributed by atoms with Crippen LogP contribution in [0.15, 0.2) is 36.5 Å². The molecule has 1 saturated heterocycles. The Hall–Kier alpha value is -2.75. The highest BCUT2D eigenvalue weighted by atomic mass is 19.4. The number of aromatic amines is 1. The largest absolute Gasteiger partial charge is 0.419 e. The number of piperazine rings is 1. The van der Waals surface area contributed by atoms with E-state index in [2.05, 4.69) is 10.3 Å². The minimum absolute atomic E-state index is 0.0798. The number of amides is 1. The van der Waals surface area contributed by atoms with Crippen LogP contribution in [0, 0.1) is 11.6 Å². The molecule has 0 saturated carbocycles. The summed E-state index contributed by atoms with van der Waals surface area (Å²) in [7, 11) is 0. The number of pyridine rings is 1. The molecule has 0 spiro atoms. The van der Waals surface area contributed by atoms with Crippen LogP contribution in [0.3, 0.4) is 0 Å². The molecule has 5 nitrogen and oxygen atoms in total. The number of carbonyl (C=O) groups is 1. The van der Waals surface area contributed by atoms with Crippen molar-refractivity contribution < 1.29 is 36.6 Å². The lowest BCUT2D eigenvalue weighted by atomic mass is 10.2. The lowest BCUT2D eigenvalue weighted by molar-refractivity contribution is -0.892. The smallest absolute Gasteiger partial charge is 0.321 e. The van der Waals surface area contributed by atoms with Crippen LogP contribution in [0.1, 0.15) is 5.56 Å². The molecule has 3 rings (SSSR count). The summed E-state index contributed by atoms with van der Waals surface area (Å²) >= 11 is 0. The van der Waals surface area contributed by atoms with Gasteiger partial charge in [0.05, 0.1) is 11.3 Å². The van der Waals surface area contributed by atoms with Gasteiger partial charge in [-0.25, -0.2) is 13.8 Å². The Labute approximate surface area is 157 Å². The zero-order valence-electron chi connectivity index (χ0n) is 14.7. The summed E-state index contributed by atoms with van der Waals surface area (Å²) in [6, 6.07) is 5.33. The summed E-state index contributed by atoms with van der Waals surface area (Å²) in [6.07, 6.45) is -3.46. The number of benzene rings is 1. The fraction of sp³-hybridized carbons (Fsp3) is 0.333. The number of hydrogen-bond acceptors (Lipinski definition) is 2. The van der Waals surface area contributed by atoms with E-state index in [-0.39, 0.29) is 12.2 Å². The predicted molar refractivity (Wildman–Crippen MR) is 90.8 cm³/mol. The van der Waals surface area contributed by atoms with Crippen molar-refractivity contribution in [1.29, 1.82) is 0 Å². The second-order valence-electron chi connectivity index (χ2n) is 6.55. The van der Waals surface area contributed by atoms with Gasteiger partial charge in [0, 0.05) is 12.1 Å². The maximum atomic E-state index is 13.6. The maximum absolute atomic E-state index is 13.6. The highest BCUT2D eigenvalue weighted by Gasteiger charge is 2.33. The molecule has 150 valence electrons. The van der Waals surface area contributed by atoms with Gasteiger partial charge in [-0.05, 0) is 18.2 Å². The average molecular weight is 402 g/mol. The third-order valence-electron chi connectivity index (χ3n) is 4.55. The Kier molecular flexibility index (Phi) is 5.78. The van der Waals surface area contributed by atoms with E-state index in [0.29, 0.717) is 38.1 Å². The molecule has 1 fully saturated rings. The van der Waals surface area contributed by atoms with E-state index in [1.165, 1.54) is 6.07 Å². The van der Waals surface area contributed by atoms with Crippen LogP contribution in [-0.2, 0) is 11.0 Å². The van der Waals surface area contributed by atoms with E-state index in [1.54, 1.807) is 0 Å². The van der Waals surface area contributed by atoms with Crippen molar-refractivity contribution in [3.63, 3.8) is 0 Å². The third kappa shape index (κ3) is 4.94. The molecule has 0 radical (unpaired) electrons. The average Bonchev–Trinajstić information content (AvgIpc) is 2.64. The number of aromatic nitrogens is 1. The first-order chi connectivity index (χ1) is 13.2. The number of alkyl halides is 3. The zero-order chi connectivity index (χ0) is 20.3. The first-order valence-electron chi connectivity index (χ1n) is 8.65. The van der Waals surface area contributed by atoms with Crippen LogP contribution < -0.4 is 20.1 Å². The van der Waals surface area contributed by atoms with Crippen molar-refractivity contribution in [3.05, 3.63) is 53.7 Å². The standard InChI is InChI=1S/C18H17F5N4O/c19-13-2-3-15(14(20)9-13)25-17(28)11-26-5-7-27(8-6-26)16-4-1-12(10-24-16)18(21,22)23/h1-4,9-10H,5-8,11H2,(H,25,28)/p+2. The first kappa shape index (κ1) is 20.0. The molecule has 0 atom stereocenters. The Bertz CT molecular complexity index is 833. The summed E-state index contributed by atoms with van der Waals surface area (Å²) in [5.74, 6) is -1.39. The second-order valence-corrected chi connectivity index (χ2v) is 6.55. The molecule has 1 aromatic heterocycles. The highest BCUT2D eigenvalue weighted by molar-refractivity contribution is 5.91. The quantitative estimate of drug-likeness (QED) is 0.754. The van der Waals surface area contributed by atoms with E-state index < -0.39 is 29.3 Å². The van der Waals surface area contributed by atoms with Gasteiger partial charge < -0.3 is 10.2 Å². The molecular weight excluding hydrogens is 383 g/mol. The minimum Gasteiger partial charge on any atom is -0.321 e. The minimum atomic E-state index is -4.39. The van der Waals surface area contributed by atoms with Crippen molar-refractivity contribution >= 4 is 17.4 Å². The molecule has 0 aliphatic carbocycles. The van der Waals surface area contributed by atoms with E-state index in [9.17, 15) is 26.7 Å². The number of rotatable bonds is 4. The second kappa shape index (κ2) is 8.09. The number of nitrogens with one attached hydrogen (secondary N) is 3. The molecule has 1 aliphatic rings. The van der Waals surface area contributed by atoms with Gasteiger partial charge in [-0.2, -0.15) is 13.2 Å². The number of H-pyrrole nitrogens is 1. The number of anilines is 2. The van der Waals surface area contributed by atoms with E-state index in [4.69, 9.17) is 0 Å². The molecule has 1 aliphatic heterocycles. The number of quaternary nitrogens is 1. The fourth-order valence-corrected chi connectivity index (χ4v) is 3.04. The van der Waals surface area contributed by atoms with Gasteiger partial charge in [0.2, 0.25) is 0 Å². The van der Waals surface area contributed by atoms with E-state index in [1.807, 2.05) is 4.90 Å². The number of nitrogens with zero attached hydrogens (tertiary/aromatic N) is 1. The lowest BCUT2D eigenvalue weighted by Crippen LogP contribution is -3.15. The normalized spacial score (nSPS) is 15.5. The molecule has 2 heterocycles. The zero-order valence-corrected chi connectivity index (χ0v) is 14.7. The Morgan fingerprint density at radius 1 is 1.14 bits per heavy atom. The molecular formula is C18H19F5N4O+2. The summed E-state index contributed by atoms with van der Waals surface area (Å²) in [5.41, 5.74) is -0.825. The first-order valence-corrected chi connectivity index (χ1v) is 8.65. The van der Waals surface area contributed by atoms with Gasteiger partial charge in [-0.15, -0.1) is 0 Å². The molecule has 28 heavy (non-hydrogen) atoms. The van der Waals surface area contributed by atoms with Crippen LogP contribution in [0.4, 0.5) is 33.5 Å². The van der Waals surface area contributed by atoms with Crippen molar-refractivity contribution in [2.45, 2.75) is 6.18 Å². The van der Waals surface area contributed by atoms with Crippen molar-refractivity contribution in [2.24, 2.45) is 0 Å². The fourth-order valence-electron chi connectivity index (χ4n) is 3.04. The SMILES string of the molecule is O=C(C[NH+]1CCN(c2ccc(C(F)(F)F)c[nH+]2)CC1)Nc1ccc(F)cc1F. The van der Waals surface area contributed by atoms with Crippen molar-refractivity contribution in [2.75, 3.05) is 42.9 Å². The summed E-state index contributed by atoms with van der Waals surface area (Å²) < 4.78 is 64.3. The van der Waals surface area contributed by atoms with Gasteiger partial charge >= 0.3 is 6.18 Å². The molecule has 0 unspecified atom stereocenters. The maximum Gasteiger partial charge on any atom is 0.419 e. The molecule has 1 aromatic carbocycles. The molecule has 1 amide bonds. The Morgan fingerprint density at radius 2 is 1.86 bits per heavy atom. The number of hydrogen-bond donors (Lipinski definition) is 2. The topological polar surface area (TPSA) is 50.9 Å². The number of halogens is 5. The Balaban J connectivity index is 1.50. The van der Waals surface area contributed by atoms with Crippen LogP contribution in [0.5, 0.6) is 0 Å². The molecule has 3 N–H and O–H groups in total. The van der Waals surface area contributed by atoms with Crippen molar-refractivity contribution in [1.82, 2.24) is 0 Å². The van der Waals surface area contributed by atoms with Crippen LogP contribution in [0.2, 0.25) is 0 Å². The van der Waals surface area contributed by atoms with Gasteiger partial charge in [0.15, 0.2) is 6.54 Å². The third-order valence-corrected chi connectivity index (χ3v) is 4.55. The Morgan fingerprint density at radius 3 is 2.43 bits per heavy atom. The van der Waals surface area contributed by atoms with Gasteiger partial charge in [-0.1, -0.05) is 0 Å². The van der Waals surface area contributed by atoms with Crippen molar-refractivity contribution in [3.8, 4) is 0 Å². The predicted octanol–water partition coefficient (Wildman–Crippen LogP) is 1.14. The van der Waals surface area contributed by atoms with E-state index in [0.717, 1.165) is 29.3 Å². The van der Waals surface area contributed by atoms with Crippen LogP contribution >= 0.6 is 0 Å².